The topological polar surface area (TPSA) is 43.9 Å². The standard InChI is InChI=1S/C42H23N3OS/c1-2-11-26-22-34-32(21-25(26)10-1)38-28-12-4-3-9-24(28)18-20-33(38)45(34)41-39(43-40-31-14-5-7-15-35(31)46-42(40)44-41)27-17-19-30-29-13-6-8-16-36(29)47-37(30)23-27/h1-23H. The van der Waals surface area contributed by atoms with Gasteiger partial charge in [-0.2, -0.15) is 4.98 Å². The molecule has 4 aromatic heterocycles. The number of aromatic nitrogens is 3. The number of furan rings is 1. The van der Waals surface area contributed by atoms with Gasteiger partial charge in [0.2, 0.25) is 5.71 Å². The SMILES string of the molecule is c1ccc2cc3c(cc2c1)c1c2ccccc2ccc1n3-c1nc2oc3ccccc3c2nc1-c1ccc2c(c1)sc1ccccc12. The first-order chi connectivity index (χ1) is 23.3. The van der Waals surface area contributed by atoms with Crippen molar-refractivity contribution in [1.29, 1.82) is 0 Å². The molecule has 47 heavy (non-hydrogen) atoms. The first-order valence-electron chi connectivity index (χ1n) is 15.7. The van der Waals surface area contributed by atoms with Crippen molar-refractivity contribution in [3.63, 3.8) is 0 Å². The van der Waals surface area contributed by atoms with Crippen molar-refractivity contribution in [3.05, 3.63) is 140 Å². The molecule has 0 saturated carbocycles. The summed E-state index contributed by atoms with van der Waals surface area (Å²) >= 11 is 1.82. The van der Waals surface area contributed by atoms with E-state index in [2.05, 4.69) is 126 Å². The lowest BCUT2D eigenvalue weighted by atomic mass is 10.0. The third-order valence-corrected chi connectivity index (χ3v) is 10.7. The second-order valence-corrected chi connectivity index (χ2v) is 13.3. The Balaban J connectivity index is 1.31. The molecule has 218 valence electrons. The van der Waals surface area contributed by atoms with Crippen LogP contribution in [0.4, 0.5) is 0 Å². The third-order valence-electron chi connectivity index (χ3n) is 9.58. The molecule has 0 spiro atoms. The Kier molecular flexibility index (Phi) is 4.96. The fourth-order valence-electron chi connectivity index (χ4n) is 7.44. The van der Waals surface area contributed by atoms with Crippen LogP contribution in [0.5, 0.6) is 0 Å². The smallest absolute Gasteiger partial charge is 0.248 e. The summed E-state index contributed by atoms with van der Waals surface area (Å²) < 4.78 is 11.2. The van der Waals surface area contributed by atoms with Crippen LogP contribution in [-0.4, -0.2) is 14.5 Å². The van der Waals surface area contributed by atoms with Crippen molar-refractivity contribution in [2.45, 2.75) is 0 Å². The second-order valence-electron chi connectivity index (χ2n) is 12.2. The van der Waals surface area contributed by atoms with Crippen molar-refractivity contribution in [1.82, 2.24) is 14.5 Å². The van der Waals surface area contributed by atoms with Gasteiger partial charge in [0.05, 0.1) is 11.0 Å². The number of nitrogens with zero attached hydrogens (tertiary/aromatic N) is 3. The quantitative estimate of drug-likeness (QED) is 0.194. The zero-order valence-electron chi connectivity index (χ0n) is 24.9. The van der Waals surface area contributed by atoms with Crippen molar-refractivity contribution < 1.29 is 4.42 Å². The van der Waals surface area contributed by atoms with Gasteiger partial charge in [-0.15, -0.1) is 11.3 Å². The summed E-state index contributed by atoms with van der Waals surface area (Å²) in [7, 11) is 0. The number of rotatable bonds is 2. The average molecular weight is 618 g/mol. The average Bonchev–Trinajstić information content (AvgIpc) is 3.78. The highest BCUT2D eigenvalue weighted by molar-refractivity contribution is 7.25. The number of fused-ring (bicyclic) bond motifs is 12. The van der Waals surface area contributed by atoms with Gasteiger partial charge in [0.25, 0.3) is 0 Å². The highest BCUT2D eigenvalue weighted by Gasteiger charge is 2.23. The Hall–Kier alpha value is -6.04. The lowest BCUT2D eigenvalue weighted by Gasteiger charge is -2.13. The Labute approximate surface area is 271 Å². The predicted octanol–water partition coefficient (Wildman–Crippen LogP) is 11.8. The molecule has 0 atom stereocenters. The Morgan fingerprint density at radius 3 is 2.13 bits per heavy atom. The highest BCUT2D eigenvalue weighted by Crippen LogP contribution is 2.42. The predicted molar refractivity (Wildman–Crippen MR) is 197 cm³/mol. The van der Waals surface area contributed by atoms with E-state index in [4.69, 9.17) is 14.4 Å². The minimum absolute atomic E-state index is 0.532. The largest absolute Gasteiger partial charge is 0.436 e. The molecule has 0 saturated heterocycles. The molecule has 0 aliphatic carbocycles. The maximum atomic E-state index is 6.37. The molecule has 11 aromatic rings. The van der Waals surface area contributed by atoms with Gasteiger partial charge in [-0.3, -0.25) is 4.57 Å². The van der Waals surface area contributed by atoms with E-state index in [1.54, 1.807) is 0 Å². The monoisotopic (exact) mass is 617 g/mol. The molecule has 0 N–H and O–H groups in total. The molecule has 4 nitrogen and oxygen atoms in total. The molecule has 0 unspecified atom stereocenters. The van der Waals surface area contributed by atoms with E-state index in [0.29, 0.717) is 5.71 Å². The van der Waals surface area contributed by atoms with E-state index in [-0.39, 0.29) is 0 Å². The van der Waals surface area contributed by atoms with Gasteiger partial charge < -0.3 is 4.42 Å². The van der Waals surface area contributed by atoms with E-state index in [1.807, 2.05) is 29.5 Å². The Bertz CT molecular complexity index is 3090. The summed E-state index contributed by atoms with van der Waals surface area (Å²) in [6.07, 6.45) is 0. The number of para-hydroxylation sites is 1. The second kappa shape index (κ2) is 9.25. The number of benzene rings is 7. The van der Waals surface area contributed by atoms with E-state index < -0.39 is 0 Å². The summed E-state index contributed by atoms with van der Waals surface area (Å²) in [5.41, 5.74) is 6.10. The summed E-state index contributed by atoms with van der Waals surface area (Å²) in [4.78, 5) is 10.8. The van der Waals surface area contributed by atoms with Crippen LogP contribution in [-0.2, 0) is 0 Å². The fraction of sp³-hybridized carbons (Fsp3) is 0. The van der Waals surface area contributed by atoms with Crippen molar-refractivity contribution in [2.24, 2.45) is 0 Å². The Morgan fingerprint density at radius 2 is 1.23 bits per heavy atom. The molecule has 11 rings (SSSR count). The first-order valence-corrected chi connectivity index (χ1v) is 16.6. The van der Waals surface area contributed by atoms with Crippen molar-refractivity contribution in [2.75, 3.05) is 0 Å². The van der Waals surface area contributed by atoms with Gasteiger partial charge in [-0.25, -0.2) is 4.98 Å². The molecular weight excluding hydrogens is 595 g/mol. The molecule has 5 heteroatoms. The van der Waals surface area contributed by atoms with Crippen LogP contribution < -0.4 is 0 Å². The van der Waals surface area contributed by atoms with Crippen LogP contribution in [0.3, 0.4) is 0 Å². The Morgan fingerprint density at radius 1 is 0.511 bits per heavy atom. The highest BCUT2D eigenvalue weighted by atomic mass is 32.1. The van der Waals surface area contributed by atoms with Crippen LogP contribution in [0.15, 0.2) is 144 Å². The van der Waals surface area contributed by atoms with Crippen LogP contribution in [0.1, 0.15) is 0 Å². The molecule has 0 aliphatic heterocycles. The normalized spacial score (nSPS) is 12.3. The van der Waals surface area contributed by atoms with E-state index >= 15 is 0 Å². The van der Waals surface area contributed by atoms with Gasteiger partial charge >= 0.3 is 0 Å². The van der Waals surface area contributed by atoms with Gasteiger partial charge in [0.15, 0.2) is 5.82 Å². The first kappa shape index (κ1) is 25.2. The van der Waals surface area contributed by atoms with Crippen LogP contribution in [0.25, 0.3) is 103 Å². The lowest BCUT2D eigenvalue weighted by molar-refractivity contribution is 0.652. The zero-order chi connectivity index (χ0) is 30.6. The fourth-order valence-corrected chi connectivity index (χ4v) is 8.58. The maximum absolute atomic E-state index is 6.37. The lowest BCUT2D eigenvalue weighted by Crippen LogP contribution is -2.03. The van der Waals surface area contributed by atoms with Crippen molar-refractivity contribution in [3.8, 4) is 17.1 Å². The summed E-state index contributed by atoms with van der Waals surface area (Å²) in [6, 6.07) is 49.7. The number of hydrogen-bond donors (Lipinski definition) is 0. The van der Waals surface area contributed by atoms with E-state index in [1.165, 1.54) is 52.5 Å². The minimum atomic E-state index is 0.532. The zero-order valence-corrected chi connectivity index (χ0v) is 25.8. The van der Waals surface area contributed by atoms with Gasteiger partial charge in [0, 0.05) is 41.9 Å². The van der Waals surface area contributed by atoms with Crippen LogP contribution in [0, 0.1) is 0 Å². The molecule has 0 fully saturated rings. The summed E-state index contributed by atoms with van der Waals surface area (Å²) in [6.45, 7) is 0. The van der Waals surface area contributed by atoms with Crippen LogP contribution in [0.2, 0.25) is 0 Å². The van der Waals surface area contributed by atoms with Gasteiger partial charge in [-0.1, -0.05) is 97.1 Å². The third kappa shape index (κ3) is 3.52. The molecule has 0 radical (unpaired) electrons. The minimum Gasteiger partial charge on any atom is -0.436 e. The molecule has 0 amide bonds. The summed E-state index contributed by atoms with van der Waals surface area (Å²) in [5.74, 6) is 0.752. The van der Waals surface area contributed by atoms with Crippen LogP contribution >= 0.6 is 11.3 Å². The van der Waals surface area contributed by atoms with Crippen molar-refractivity contribution >= 4 is 97.1 Å². The summed E-state index contributed by atoms with van der Waals surface area (Å²) in [5, 5.41) is 10.7. The van der Waals surface area contributed by atoms with Gasteiger partial charge in [-0.05, 0) is 64.0 Å². The molecule has 0 bridgehead atoms. The van der Waals surface area contributed by atoms with E-state index in [9.17, 15) is 0 Å². The number of thiophene rings is 1. The maximum Gasteiger partial charge on any atom is 0.248 e. The number of hydrogen-bond acceptors (Lipinski definition) is 4. The molecule has 4 heterocycles. The molecular formula is C42H23N3OS. The molecule has 7 aromatic carbocycles. The molecule has 0 aliphatic rings. The van der Waals surface area contributed by atoms with Gasteiger partial charge in [0.1, 0.15) is 16.8 Å². The van der Waals surface area contributed by atoms with E-state index in [0.717, 1.165) is 44.6 Å².